The first-order chi connectivity index (χ1) is 22.8. The summed E-state index contributed by atoms with van der Waals surface area (Å²) in [4.78, 5) is 40.3. The number of rotatable bonds is 12. The highest BCUT2D eigenvalue weighted by Crippen LogP contribution is 2.68. The summed E-state index contributed by atoms with van der Waals surface area (Å²) >= 11 is 0. The number of unbranched alkanes of at least 4 members (excludes halogenated alkanes) is 1. The number of aliphatic hydroxyl groups excluding tert-OH is 3. The molecular formula is C38H58N2O8. The quantitative estimate of drug-likeness (QED) is 0.190. The molecule has 48 heavy (non-hydrogen) atoms. The lowest BCUT2D eigenvalue weighted by molar-refractivity contribution is -0.207. The zero-order valence-electron chi connectivity index (χ0n) is 29.0. The van der Waals surface area contributed by atoms with Crippen LogP contribution in [0.15, 0.2) is 30.3 Å². The molecule has 0 spiro atoms. The van der Waals surface area contributed by atoms with Crippen molar-refractivity contribution in [2.45, 2.75) is 129 Å². The molecule has 4 saturated carbocycles. The number of hydrogen-bond donors (Lipinski definition) is 5. The standard InChI is InChI=1S/C38H58N2O8/c1-23(12-15-33(44)40(30(35(45)46)11-7-8-18-39)36(47)48-22-24-9-5-4-6-10-24)27-13-14-28-34-29(21-32(43)38(27,28)3)37(2)17-16-26(41)19-25(37)20-31(34)42/h4-6,9-10,23,25-32,34,41-43H,7-8,11-22,39H2,1-3H3,(H,45,46)/t23-,25+,26-,27-,28+,29+,30+,31-,32+,34+,37+,38-/m1/s1. The summed E-state index contributed by atoms with van der Waals surface area (Å²) < 4.78 is 5.48. The highest BCUT2D eigenvalue weighted by atomic mass is 16.6. The van der Waals surface area contributed by atoms with Gasteiger partial charge in [0.2, 0.25) is 5.91 Å². The Labute approximate surface area is 285 Å². The van der Waals surface area contributed by atoms with Gasteiger partial charge >= 0.3 is 12.1 Å². The van der Waals surface area contributed by atoms with E-state index in [0.29, 0.717) is 38.6 Å². The van der Waals surface area contributed by atoms with Gasteiger partial charge in [0.05, 0.1) is 18.3 Å². The Morgan fingerprint density at radius 2 is 1.71 bits per heavy atom. The van der Waals surface area contributed by atoms with Gasteiger partial charge in [-0.25, -0.2) is 14.5 Å². The Kier molecular flexibility index (Phi) is 11.6. The lowest BCUT2D eigenvalue weighted by atomic mass is 9.43. The van der Waals surface area contributed by atoms with Crippen LogP contribution >= 0.6 is 0 Å². The summed E-state index contributed by atoms with van der Waals surface area (Å²) in [7, 11) is 0. The van der Waals surface area contributed by atoms with E-state index in [1.807, 2.05) is 18.2 Å². The van der Waals surface area contributed by atoms with Gasteiger partial charge in [-0.2, -0.15) is 0 Å². The highest BCUT2D eigenvalue weighted by molar-refractivity contribution is 5.96. The number of fused-ring (bicyclic) bond motifs is 5. The van der Waals surface area contributed by atoms with Crippen LogP contribution in [-0.2, 0) is 20.9 Å². The number of hydrogen-bond acceptors (Lipinski definition) is 8. The Balaban J connectivity index is 1.29. The second-order valence-corrected chi connectivity index (χ2v) is 16.0. The minimum Gasteiger partial charge on any atom is -0.480 e. The molecule has 6 N–H and O–H groups in total. The van der Waals surface area contributed by atoms with Gasteiger partial charge in [0.15, 0.2) is 0 Å². The van der Waals surface area contributed by atoms with Gasteiger partial charge < -0.3 is 30.9 Å². The van der Waals surface area contributed by atoms with Crippen LogP contribution in [0.1, 0.15) is 103 Å². The predicted molar refractivity (Wildman–Crippen MR) is 180 cm³/mol. The molecule has 10 heteroatoms. The lowest BCUT2D eigenvalue weighted by Gasteiger charge is -2.63. The second-order valence-electron chi connectivity index (χ2n) is 16.0. The van der Waals surface area contributed by atoms with Crippen molar-refractivity contribution >= 4 is 18.0 Å². The van der Waals surface area contributed by atoms with Gasteiger partial charge in [0.1, 0.15) is 12.6 Å². The number of imide groups is 1. The predicted octanol–water partition coefficient (Wildman–Crippen LogP) is 5.11. The van der Waals surface area contributed by atoms with Gasteiger partial charge in [0.25, 0.3) is 0 Å². The number of carbonyl (C=O) groups excluding carboxylic acids is 2. The van der Waals surface area contributed by atoms with Crippen molar-refractivity contribution in [1.82, 2.24) is 4.90 Å². The van der Waals surface area contributed by atoms with Gasteiger partial charge in [0, 0.05) is 6.42 Å². The first-order valence-electron chi connectivity index (χ1n) is 18.3. The van der Waals surface area contributed by atoms with Crippen LogP contribution in [0.4, 0.5) is 4.79 Å². The van der Waals surface area contributed by atoms with Crippen LogP contribution in [0.25, 0.3) is 0 Å². The molecule has 0 unspecified atom stereocenters. The van der Waals surface area contributed by atoms with Crippen LogP contribution in [0.3, 0.4) is 0 Å². The fourth-order valence-corrected chi connectivity index (χ4v) is 10.8. The number of carbonyl (C=O) groups is 3. The fourth-order valence-electron chi connectivity index (χ4n) is 10.8. The number of carboxylic acids is 1. The zero-order valence-corrected chi connectivity index (χ0v) is 29.0. The molecule has 268 valence electrons. The molecule has 12 atom stereocenters. The van der Waals surface area contributed by atoms with Crippen molar-refractivity contribution in [2.75, 3.05) is 6.54 Å². The minimum absolute atomic E-state index is 0.00896. The molecule has 0 heterocycles. The monoisotopic (exact) mass is 670 g/mol. The van der Waals surface area contributed by atoms with Crippen LogP contribution in [0, 0.1) is 46.3 Å². The molecule has 4 aliphatic rings. The molecule has 4 fully saturated rings. The molecular weight excluding hydrogens is 612 g/mol. The molecule has 2 amide bonds. The molecule has 1 aromatic carbocycles. The maximum Gasteiger partial charge on any atom is 0.417 e. The largest absolute Gasteiger partial charge is 0.480 e. The molecule has 4 aliphatic carbocycles. The van der Waals surface area contributed by atoms with Crippen LogP contribution < -0.4 is 5.73 Å². The fraction of sp³-hybridized carbons (Fsp3) is 0.763. The van der Waals surface area contributed by atoms with Crippen molar-refractivity contribution in [2.24, 2.45) is 52.1 Å². The maximum absolute atomic E-state index is 13.8. The molecule has 0 saturated heterocycles. The summed E-state index contributed by atoms with van der Waals surface area (Å²) in [5.41, 5.74) is 5.92. The van der Waals surface area contributed by atoms with E-state index in [9.17, 15) is 34.8 Å². The van der Waals surface area contributed by atoms with Gasteiger partial charge in [-0.05, 0) is 129 Å². The number of nitrogens with zero attached hydrogens (tertiary/aromatic N) is 1. The Bertz CT molecular complexity index is 1280. The molecule has 10 nitrogen and oxygen atoms in total. The van der Waals surface area contributed by atoms with Crippen molar-refractivity contribution in [3.63, 3.8) is 0 Å². The summed E-state index contributed by atoms with van der Waals surface area (Å²) in [6, 6.07) is 7.69. The van der Waals surface area contributed by atoms with Gasteiger partial charge in [-0.3, -0.25) is 4.79 Å². The van der Waals surface area contributed by atoms with Crippen molar-refractivity contribution in [3.8, 4) is 0 Å². The summed E-state index contributed by atoms with van der Waals surface area (Å²) in [6.07, 6.45) is 4.73. The lowest BCUT2D eigenvalue weighted by Crippen LogP contribution is -2.62. The maximum atomic E-state index is 13.8. The van der Waals surface area contributed by atoms with E-state index in [-0.39, 0.29) is 66.5 Å². The first-order valence-corrected chi connectivity index (χ1v) is 18.3. The van der Waals surface area contributed by atoms with E-state index in [1.54, 1.807) is 12.1 Å². The number of carboxylic acid groups (broad SMARTS) is 1. The smallest absolute Gasteiger partial charge is 0.417 e. The molecule has 1 aromatic rings. The molecule has 0 radical (unpaired) electrons. The normalized spacial score (nSPS) is 37.0. The SMILES string of the molecule is C[C@H](CCC(=O)N(C(=O)OCc1ccccc1)[C@@H](CCCCN)C(=O)O)[C@H]1CC[C@H]2[C@@H]3[C@H](O)C[C@@H]4C[C@H](O)CC[C@]4(C)[C@H]3C[C@H](O)[C@]12C. The molecule has 0 bridgehead atoms. The Hall–Kier alpha value is -2.53. The Morgan fingerprint density at radius 3 is 2.40 bits per heavy atom. The number of aliphatic hydroxyl groups is 3. The van der Waals surface area contributed by atoms with E-state index in [2.05, 4.69) is 20.8 Å². The van der Waals surface area contributed by atoms with Crippen molar-refractivity contribution in [1.29, 1.82) is 0 Å². The summed E-state index contributed by atoms with van der Waals surface area (Å²) in [5.74, 6) is -1.02. The number of amides is 2. The van der Waals surface area contributed by atoms with E-state index >= 15 is 0 Å². The molecule has 5 rings (SSSR count). The van der Waals surface area contributed by atoms with Crippen LogP contribution in [-0.4, -0.2) is 74.2 Å². The minimum atomic E-state index is -1.35. The third-order valence-electron chi connectivity index (χ3n) is 13.5. The van der Waals surface area contributed by atoms with Crippen LogP contribution in [0.5, 0.6) is 0 Å². The third kappa shape index (κ3) is 7.05. The molecule has 0 aliphatic heterocycles. The number of aliphatic carboxylic acids is 1. The average molecular weight is 671 g/mol. The number of ether oxygens (including phenoxy) is 1. The second kappa shape index (κ2) is 15.2. The number of nitrogens with two attached hydrogens (primary N) is 1. The van der Waals surface area contributed by atoms with Gasteiger partial charge in [-0.15, -0.1) is 0 Å². The zero-order chi connectivity index (χ0) is 34.8. The number of benzene rings is 1. The van der Waals surface area contributed by atoms with E-state index in [4.69, 9.17) is 10.5 Å². The average Bonchev–Trinajstić information content (AvgIpc) is 3.42. The van der Waals surface area contributed by atoms with Gasteiger partial charge in [-0.1, -0.05) is 51.1 Å². The topological polar surface area (TPSA) is 171 Å². The van der Waals surface area contributed by atoms with E-state index in [0.717, 1.165) is 42.6 Å². The highest BCUT2D eigenvalue weighted by Gasteiger charge is 2.65. The van der Waals surface area contributed by atoms with E-state index in [1.165, 1.54) is 0 Å². The Morgan fingerprint density at radius 1 is 0.979 bits per heavy atom. The third-order valence-corrected chi connectivity index (χ3v) is 13.5. The van der Waals surface area contributed by atoms with Crippen molar-refractivity contribution in [3.05, 3.63) is 35.9 Å². The van der Waals surface area contributed by atoms with E-state index < -0.39 is 41.6 Å². The molecule has 0 aromatic heterocycles. The van der Waals surface area contributed by atoms with Crippen LogP contribution in [0.2, 0.25) is 0 Å². The summed E-state index contributed by atoms with van der Waals surface area (Å²) in [5, 5.41) is 44.0. The first kappa shape index (κ1) is 36.7. The van der Waals surface area contributed by atoms with Crippen molar-refractivity contribution < 1.29 is 39.5 Å². The summed E-state index contributed by atoms with van der Waals surface area (Å²) in [6.45, 7) is 6.88.